The summed E-state index contributed by atoms with van der Waals surface area (Å²) in [4.78, 5) is 19.6. The van der Waals surface area contributed by atoms with Gasteiger partial charge in [-0.15, -0.1) is 0 Å². The second-order valence-corrected chi connectivity index (χ2v) is 7.45. The van der Waals surface area contributed by atoms with Crippen molar-refractivity contribution in [2.24, 2.45) is 0 Å². The molecule has 9 heteroatoms. The molecule has 0 spiro atoms. The molecule has 0 aliphatic carbocycles. The molecule has 0 aliphatic rings. The topological polar surface area (TPSA) is 116 Å². The Balaban J connectivity index is 2.08. The third-order valence-corrected chi connectivity index (χ3v) is 5.08. The molecule has 0 unspecified atom stereocenters. The molecule has 0 atom stereocenters. The summed E-state index contributed by atoms with van der Waals surface area (Å²) in [6.45, 7) is 1.42. The molecular weight excluding hydrogens is 359 g/mol. The molecule has 2 aromatic heterocycles. The second-order valence-electron chi connectivity index (χ2n) is 5.44. The van der Waals surface area contributed by atoms with E-state index in [2.05, 4.69) is 14.7 Å². The lowest BCUT2D eigenvalue weighted by molar-refractivity contribution is 0.103. The molecule has 3 aromatic rings. The molecule has 3 rings (SSSR count). The summed E-state index contributed by atoms with van der Waals surface area (Å²) < 4.78 is 40.2. The Morgan fingerprint density at radius 1 is 1.38 bits per heavy atom. The number of nitrogens with zero attached hydrogens (tertiary/aromatic N) is 2. The molecular formula is C17H13FN4O3S. The van der Waals surface area contributed by atoms with Crippen molar-refractivity contribution < 1.29 is 17.6 Å². The Hall–Kier alpha value is -3.25. The average molecular weight is 372 g/mol. The highest BCUT2D eigenvalue weighted by atomic mass is 32.2. The van der Waals surface area contributed by atoms with E-state index in [1.165, 1.54) is 43.6 Å². The fourth-order valence-corrected chi connectivity index (χ4v) is 3.06. The number of fused-ring (bicyclic) bond motifs is 1. The largest absolute Gasteiger partial charge is 0.345 e. The van der Waals surface area contributed by atoms with Crippen LogP contribution in [0.4, 0.5) is 10.1 Å². The molecule has 0 radical (unpaired) electrons. The average Bonchev–Trinajstić information content (AvgIpc) is 3.05. The predicted molar refractivity (Wildman–Crippen MR) is 93.7 cm³/mol. The summed E-state index contributed by atoms with van der Waals surface area (Å²) in [6.07, 6.45) is 2.73. The Bertz CT molecular complexity index is 1160. The first-order valence-corrected chi connectivity index (χ1v) is 9.22. The Labute approximate surface area is 148 Å². The summed E-state index contributed by atoms with van der Waals surface area (Å²) in [5.74, 6) is -1.84. The molecule has 0 saturated heterocycles. The maximum absolute atomic E-state index is 14.7. The van der Waals surface area contributed by atoms with Gasteiger partial charge in [-0.25, -0.2) is 17.8 Å². The van der Waals surface area contributed by atoms with Gasteiger partial charge in [-0.3, -0.25) is 9.52 Å². The highest BCUT2D eigenvalue weighted by Gasteiger charge is 2.21. The van der Waals surface area contributed by atoms with Crippen molar-refractivity contribution in [1.29, 1.82) is 5.26 Å². The number of nitrogens with one attached hydrogen (secondary N) is 2. The van der Waals surface area contributed by atoms with E-state index < -0.39 is 21.6 Å². The third-order valence-electron chi connectivity index (χ3n) is 3.79. The van der Waals surface area contributed by atoms with E-state index in [0.717, 1.165) is 0 Å². The SMILES string of the molecule is CCS(=O)(=O)Nc1cccc(C(=O)c2c[nH]c3ncc(C#N)cc23)c1F. The standard InChI is InChI=1S/C17H13FN4O3S/c1-2-26(24,25)22-14-5-3-4-11(15(14)18)16(23)13-9-21-17-12(13)6-10(7-19)8-20-17/h3-6,8-9,22H,2H2,1H3,(H,20,21). The molecule has 0 fully saturated rings. The zero-order valence-corrected chi connectivity index (χ0v) is 14.4. The number of H-pyrrole nitrogens is 1. The van der Waals surface area contributed by atoms with Gasteiger partial charge in [-0.1, -0.05) is 6.07 Å². The van der Waals surface area contributed by atoms with Gasteiger partial charge < -0.3 is 4.98 Å². The maximum Gasteiger partial charge on any atom is 0.232 e. The van der Waals surface area contributed by atoms with Crippen molar-refractivity contribution in [2.45, 2.75) is 6.92 Å². The van der Waals surface area contributed by atoms with Gasteiger partial charge in [0.05, 0.1) is 22.6 Å². The van der Waals surface area contributed by atoms with Crippen LogP contribution in [0.25, 0.3) is 11.0 Å². The van der Waals surface area contributed by atoms with Crippen LogP contribution in [0, 0.1) is 17.1 Å². The fraction of sp³-hybridized carbons (Fsp3) is 0.118. The number of sulfonamides is 1. The Morgan fingerprint density at radius 2 is 2.15 bits per heavy atom. The molecule has 0 aliphatic heterocycles. The van der Waals surface area contributed by atoms with Crippen LogP contribution in [0.5, 0.6) is 0 Å². The van der Waals surface area contributed by atoms with E-state index in [1.807, 2.05) is 6.07 Å². The minimum atomic E-state index is -3.69. The number of anilines is 1. The minimum absolute atomic E-state index is 0.138. The van der Waals surface area contributed by atoms with Crippen LogP contribution in [0.3, 0.4) is 0 Å². The summed E-state index contributed by atoms with van der Waals surface area (Å²) in [5.41, 5.74) is 0.198. The van der Waals surface area contributed by atoms with E-state index in [9.17, 15) is 17.6 Å². The highest BCUT2D eigenvalue weighted by molar-refractivity contribution is 7.92. The van der Waals surface area contributed by atoms with Gasteiger partial charge in [0.15, 0.2) is 11.6 Å². The number of aromatic nitrogens is 2. The van der Waals surface area contributed by atoms with Crippen molar-refractivity contribution in [3.05, 3.63) is 59.2 Å². The van der Waals surface area contributed by atoms with Crippen LogP contribution < -0.4 is 4.72 Å². The zero-order valence-electron chi connectivity index (χ0n) is 13.6. The highest BCUT2D eigenvalue weighted by Crippen LogP contribution is 2.25. The fourth-order valence-electron chi connectivity index (χ4n) is 2.42. The number of carbonyl (C=O) groups is 1. The summed E-state index contributed by atoms with van der Waals surface area (Å²) in [7, 11) is -3.69. The van der Waals surface area contributed by atoms with Gasteiger partial charge >= 0.3 is 0 Å². The number of aromatic amines is 1. The molecule has 0 saturated carbocycles. The van der Waals surface area contributed by atoms with E-state index >= 15 is 0 Å². The third kappa shape index (κ3) is 3.14. The Morgan fingerprint density at radius 3 is 2.85 bits per heavy atom. The number of carbonyl (C=O) groups excluding carboxylic acids is 1. The van der Waals surface area contributed by atoms with E-state index in [1.54, 1.807) is 0 Å². The van der Waals surface area contributed by atoms with Crippen LogP contribution in [-0.4, -0.2) is 29.9 Å². The molecule has 132 valence electrons. The smallest absolute Gasteiger partial charge is 0.232 e. The van der Waals surface area contributed by atoms with Gasteiger partial charge in [0.25, 0.3) is 0 Å². The molecule has 7 nitrogen and oxygen atoms in total. The number of hydrogen-bond donors (Lipinski definition) is 2. The molecule has 1 aromatic carbocycles. The first kappa shape index (κ1) is 17.6. The van der Waals surface area contributed by atoms with Gasteiger partial charge in [0.1, 0.15) is 11.7 Å². The first-order chi connectivity index (χ1) is 12.4. The van der Waals surface area contributed by atoms with Crippen molar-refractivity contribution in [3.63, 3.8) is 0 Å². The van der Waals surface area contributed by atoms with Crippen LogP contribution >= 0.6 is 0 Å². The van der Waals surface area contributed by atoms with Crippen LogP contribution in [-0.2, 0) is 10.0 Å². The minimum Gasteiger partial charge on any atom is -0.345 e. The van der Waals surface area contributed by atoms with Crippen LogP contribution in [0.1, 0.15) is 28.4 Å². The number of halogens is 1. The first-order valence-electron chi connectivity index (χ1n) is 7.57. The lowest BCUT2D eigenvalue weighted by Crippen LogP contribution is -2.16. The number of rotatable bonds is 5. The van der Waals surface area contributed by atoms with Gasteiger partial charge in [0.2, 0.25) is 10.0 Å². The van der Waals surface area contributed by atoms with Crippen LogP contribution in [0.2, 0.25) is 0 Å². The van der Waals surface area contributed by atoms with E-state index in [-0.39, 0.29) is 28.1 Å². The molecule has 26 heavy (non-hydrogen) atoms. The quantitative estimate of drug-likeness (QED) is 0.668. The molecule has 2 N–H and O–H groups in total. The van der Waals surface area contributed by atoms with Crippen molar-refractivity contribution in [2.75, 3.05) is 10.5 Å². The second kappa shape index (κ2) is 6.57. The summed E-state index contributed by atoms with van der Waals surface area (Å²) in [5, 5.41) is 9.37. The Kier molecular flexibility index (Phi) is 4.44. The van der Waals surface area contributed by atoms with Crippen molar-refractivity contribution in [3.8, 4) is 6.07 Å². The van der Waals surface area contributed by atoms with Crippen LogP contribution in [0.15, 0.2) is 36.7 Å². The number of pyridine rings is 1. The number of benzene rings is 1. The number of hydrogen-bond acceptors (Lipinski definition) is 5. The van der Waals surface area contributed by atoms with Gasteiger partial charge in [-0.2, -0.15) is 5.26 Å². The van der Waals surface area contributed by atoms with Crippen molar-refractivity contribution >= 4 is 32.5 Å². The van der Waals surface area contributed by atoms with E-state index in [4.69, 9.17) is 5.26 Å². The normalized spacial score (nSPS) is 11.3. The van der Waals surface area contributed by atoms with Gasteiger partial charge in [-0.05, 0) is 25.1 Å². The van der Waals surface area contributed by atoms with Gasteiger partial charge in [0, 0.05) is 23.3 Å². The van der Waals surface area contributed by atoms with Crippen molar-refractivity contribution in [1.82, 2.24) is 9.97 Å². The maximum atomic E-state index is 14.7. The van der Waals surface area contributed by atoms with E-state index in [0.29, 0.717) is 11.0 Å². The molecule has 2 heterocycles. The summed E-state index contributed by atoms with van der Waals surface area (Å²) >= 11 is 0. The molecule has 0 amide bonds. The molecule has 0 bridgehead atoms. The lowest BCUT2D eigenvalue weighted by atomic mass is 10.0. The number of ketones is 1. The monoisotopic (exact) mass is 372 g/mol. The lowest BCUT2D eigenvalue weighted by Gasteiger charge is -2.09. The zero-order chi connectivity index (χ0) is 18.9. The summed E-state index contributed by atoms with van der Waals surface area (Å²) in [6, 6.07) is 7.30. The number of nitriles is 1. The predicted octanol–water partition coefficient (Wildman–Crippen LogP) is 2.57.